The summed E-state index contributed by atoms with van der Waals surface area (Å²) in [5.41, 5.74) is 1.70. The number of hydrogen-bond donors (Lipinski definition) is 4. The molecule has 0 aromatic carbocycles. The van der Waals surface area contributed by atoms with E-state index in [4.69, 9.17) is 9.84 Å². The topological polar surface area (TPSA) is 116 Å². The molecular formula is C11H18N4O4. The second-order valence-electron chi connectivity index (χ2n) is 4.02. The van der Waals surface area contributed by atoms with Crippen molar-refractivity contribution in [2.75, 3.05) is 13.7 Å². The molecule has 0 bridgehead atoms. The number of carboxylic acid groups (broad SMARTS) is 1. The minimum absolute atomic E-state index is 0.212. The molecule has 0 radical (unpaired) electrons. The summed E-state index contributed by atoms with van der Waals surface area (Å²) in [6.07, 6.45) is 1.82. The molecule has 2 amide bonds. The molecule has 8 heteroatoms. The van der Waals surface area contributed by atoms with Gasteiger partial charge < -0.3 is 20.5 Å². The molecule has 1 aromatic rings. The van der Waals surface area contributed by atoms with Crippen LogP contribution >= 0.6 is 0 Å². The Morgan fingerprint density at radius 3 is 2.84 bits per heavy atom. The van der Waals surface area contributed by atoms with Gasteiger partial charge in [0.2, 0.25) is 0 Å². The third-order valence-electron chi connectivity index (χ3n) is 2.59. The number of ether oxygens (including phenoxy) is 1. The smallest absolute Gasteiger partial charge is 0.326 e. The van der Waals surface area contributed by atoms with Crippen LogP contribution in [0.1, 0.15) is 17.7 Å². The fourth-order valence-electron chi connectivity index (χ4n) is 1.43. The number of carboxylic acids is 1. The second kappa shape index (κ2) is 7.37. The number of rotatable bonds is 7. The summed E-state index contributed by atoms with van der Waals surface area (Å²) >= 11 is 0. The average molecular weight is 270 g/mol. The fourth-order valence-corrected chi connectivity index (χ4v) is 1.43. The van der Waals surface area contributed by atoms with Crippen LogP contribution in [-0.2, 0) is 16.1 Å². The zero-order valence-corrected chi connectivity index (χ0v) is 10.9. The molecule has 106 valence electrons. The lowest BCUT2D eigenvalue weighted by atomic mass is 10.2. The second-order valence-corrected chi connectivity index (χ2v) is 4.02. The van der Waals surface area contributed by atoms with Crippen LogP contribution in [0.25, 0.3) is 0 Å². The summed E-state index contributed by atoms with van der Waals surface area (Å²) in [7, 11) is 1.47. The third-order valence-corrected chi connectivity index (χ3v) is 2.59. The van der Waals surface area contributed by atoms with Crippen LogP contribution in [0, 0.1) is 6.92 Å². The zero-order chi connectivity index (χ0) is 14.3. The number of H-pyrrole nitrogens is 1. The lowest BCUT2D eigenvalue weighted by Crippen LogP contribution is -2.46. The Bertz CT molecular complexity index is 432. The molecule has 4 N–H and O–H groups in total. The van der Waals surface area contributed by atoms with Crippen LogP contribution in [0.4, 0.5) is 4.79 Å². The van der Waals surface area contributed by atoms with Gasteiger partial charge in [-0.15, -0.1) is 0 Å². The molecule has 1 aromatic heterocycles. The molecular weight excluding hydrogens is 252 g/mol. The van der Waals surface area contributed by atoms with E-state index in [0.29, 0.717) is 0 Å². The van der Waals surface area contributed by atoms with E-state index in [9.17, 15) is 9.59 Å². The lowest BCUT2D eigenvalue weighted by molar-refractivity contribution is -0.139. The van der Waals surface area contributed by atoms with Gasteiger partial charge in [-0.3, -0.25) is 5.10 Å². The van der Waals surface area contributed by atoms with Crippen molar-refractivity contribution in [3.63, 3.8) is 0 Å². The quantitative estimate of drug-likeness (QED) is 0.557. The van der Waals surface area contributed by atoms with Gasteiger partial charge in [0, 0.05) is 37.9 Å². The highest BCUT2D eigenvalue weighted by atomic mass is 16.5. The van der Waals surface area contributed by atoms with E-state index in [-0.39, 0.29) is 19.6 Å². The first-order valence-electron chi connectivity index (χ1n) is 5.79. The highest BCUT2D eigenvalue weighted by molar-refractivity contribution is 5.82. The van der Waals surface area contributed by atoms with Crippen LogP contribution < -0.4 is 10.6 Å². The number of urea groups is 1. The molecule has 19 heavy (non-hydrogen) atoms. The van der Waals surface area contributed by atoms with Crippen molar-refractivity contribution in [3.8, 4) is 0 Å². The molecule has 1 unspecified atom stereocenters. The fraction of sp³-hybridized carbons (Fsp3) is 0.545. The van der Waals surface area contributed by atoms with Gasteiger partial charge in [0.05, 0.1) is 6.20 Å². The Hall–Kier alpha value is -2.09. The van der Waals surface area contributed by atoms with E-state index >= 15 is 0 Å². The SMILES string of the molecule is COCCC(NC(=O)NCc1cn[nH]c1C)C(=O)O. The predicted octanol–water partition coefficient (Wildman–Crippen LogP) is 0.00702. The van der Waals surface area contributed by atoms with Gasteiger partial charge in [-0.2, -0.15) is 5.10 Å². The van der Waals surface area contributed by atoms with Gasteiger partial charge in [0.25, 0.3) is 0 Å². The van der Waals surface area contributed by atoms with E-state index in [2.05, 4.69) is 20.8 Å². The van der Waals surface area contributed by atoms with E-state index in [0.717, 1.165) is 11.3 Å². The Balaban J connectivity index is 2.40. The van der Waals surface area contributed by atoms with Gasteiger partial charge in [-0.05, 0) is 6.92 Å². The number of nitrogens with one attached hydrogen (secondary N) is 3. The van der Waals surface area contributed by atoms with Crippen LogP contribution in [-0.4, -0.2) is 47.1 Å². The summed E-state index contributed by atoms with van der Waals surface area (Å²) in [6, 6.07) is -1.51. The number of methoxy groups -OCH3 is 1. The first-order chi connectivity index (χ1) is 9.04. The Morgan fingerprint density at radius 1 is 1.58 bits per heavy atom. The molecule has 1 rings (SSSR count). The number of aryl methyl sites for hydroxylation is 1. The molecule has 8 nitrogen and oxygen atoms in total. The van der Waals surface area contributed by atoms with Crippen LogP contribution in [0.2, 0.25) is 0 Å². The molecule has 0 spiro atoms. The molecule has 0 aliphatic rings. The van der Waals surface area contributed by atoms with Gasteiger partial charge in [0.1, 0.15) is 6.04 Å². The number of nitrogens with zero attached hydrogens (tertiary/aromatic N) is 1. The number of carbonyl (C=O) groups is 2. The number of hydrogen-bond acceptors (Lipinski definition) is 4. The first kappa shape index (κ1) is 15.0. The largest absolute Gasteiger partial charge is 0.480 e. The molecule has 0 aliphatic heterocycles. The maximum absolute atomic E-state index is 11.6. The first-order valence-corrected chi connectivity index (χ1v) is 5.79. The zero-order valence-electron chi connectivity index (χ0n) is 10.9. The van der Waals surface area contributed by atoms with E-state index < -0.39 is 18.0 Å². The van der Waals surface area contributed by atoms with Crippen molar-refractivity contribution in [3.05, 3.63) is 17.5 Å². The molecule has 0 fully saturated rings. The van der Waals surface area contributed by atoms with Gasteiger partial charge in [-0.1, -0.05) is 0 Å². The van der Waals surface area contributed by atoms with Crippen molar-refractivity contribution >= 4 is 12.0 Å². The van der Waals surface area contributed by atoms with Gasteiger partial charge in [-0.25, -0.2) is 9.59 Å². The summed E-state index contributed by atoms with van der Waals surface area (Å²) in [5.74, 6) is -1.09. The standard InChI is InChI=1S/C11H18N4O4/c1-7-8(6-13-15-7)5-12-11(18)14-9(10(16)17)3-4-19-2/h6,9H,3-5H2,1-2H3,(H,13,15)(H,16,17)(H2,12,14,18). The maximum atomic E-state index is 11.6. The summed E-state index contributed by atoms with van der Waals surface area (Å²) in [4.78, 5) is 22.5. The molecule has 0 saturated heterocycles. The Morgan fingerprint density at radius 2 is 2.32 bits per heavy atom. The molecule has 0 aliphatic carbocycles. The number of aliphatic carboxylic acids is 1. The molecule has 1 heterocycles. The maximum Gasteiger partial charge on any atom is 0.326 e. The van der Waals surface area contributed by atoms with E-state index in [1.54, 1.807) is 6.20 Å². The Kier molecular flexibility index (Phi) is 5.80. The van der Waals surface area contributed by atoms with Crippen molar-refractivity contribution in [1.29, 1.82) is 0 Å². The number of carbonyl (C=O) groups excluding carboxylic acids is 1. The average Bonchev–Trinajstić information content (AvgIpc) is 2.77. The molecule has 0 saturated carbocycles. The van der Waals surface area contributed by atoms with Crippen molar-refractivity contribution in [1.82, 2.24) is 20.8 Å². The number of aromatic amines is 1. The Labute approximate surface area is 110 Å². The van der Waals surface area contributed by atoms with Crippen LogP contribution in [0.15, 0.2) is 6.20 Å². The number of aromatic nitrogens is 2. The van der Waals surface area contributed by atoms with Crippen LogP contribution in [0.5, 0.6) is 0 Å². The highest BCUT2D eigenvalue weighted by Gasteiger charge is 2.19. The van der Waals surface area contributed by atoms with Crippen molar-refractivity contribution in [2.45, 2.75) is 25.9 Å². The predicted molar refractivity (Wildman–Crippen MR) is 66.6 cm³/mol. The highest BCUT2D eigenvalue weighted by Crippen LogP contribution is 2.01. The minimum atomic E-state index is -1.09. The van der Waals surface area contributed by atoms with Crippen molar-refractivity contribution in [2.24, 2.45) is 0 Å². The normalized spacial score (nSPS) is 11.9. The monoisotopic (exact) mass is 270 g/mol. The van der Waals surface area contributed by atoms with E-state index in [1.165, 1.54) is 7.11 Å². The van der Waals surface area contributed by atoms with Gasteiger partial charge >= 0.3 is 12.0 Å². The van der Waals surface area contributed by atoms with Crippen molar-refractivity contribution < 1.29 is 19.4 Å². The summed E-state index contributed by atoms with van der Waals surface area (Å²) < 4.78 is 4.79. The number of amides is 2. The summed E-state index contributed by atoms with van der Waals surface area (Å²) in [5, 5.41) is 20.4. The summed E-state index contributed by atoms with van der Waals surface area (Å²) in [6.45, 7) is 2.38. The van der Waals surface area contributed by atoms with E-state index in [1.807, 2.05) is 6.92 Å². The minimum Gasteiger partial charge on any atom is -0.480 e. The van der Waals surface area contributed by atoms with Crippen LogP contribution in [0.3, 0.4) is 0 Å². The lowest BCUT2D eigenvalue weighted by Gasteiger charge is -2.14. The van der Waals surface area contributed by atoms with Gasteiger partial charge in [0.15, 0.2) is 0 Å². The molecule has 1 atom stereocenters. The third kappa shape index (κ3) is 4.96.